The molecular formula is C24H33N5O2. The molecule has 1 saturated heterocycles. The second-order valence-corrected chi connectivity index (χ2v) is 8.58. The number of aromatic nitrogens is 2. The number of carbonyl (C=O) groups excluding carboxylic acids is 1. The summed E-state index contributed by atoms with van der Waals surface area (Å²) in [6.45, 7) is 9.82. The zero-order valence-corrected chi connectivity index (χ0v) is 18.8. The number of benzene rings is 1. The molecule has 2 aliphatic rings. The Hall–Kier alpha value is -2.67. The molecule has 2 amide bonds. The quantitative estimate of drug-likeness (QED) is 0.744. The van der Waals surface area contributed by atoms with Gasteiger partial charge in [0, 0.05) is 43.7 Å². The van der Waals surface area contributed by atoms with E-state index in [-0.39, 0.29) is 18.2 Å². The lowest BCUT2D eigenvalue weighted by molar-refractivity contribution is -0.00556. The molecule has 2 atom stereocenters. The van der Waals surface area contributed by atoms with Crippen LogP contribution in [-0.2, 0) is 17.7 Å². The van der Waals surface area contributed by atoms with Gasteiger partial charge in [-0.05, 0) is 20.3 Å². The summed E-state index contributed by atoms with van der Waals surface area (Å²) in [6.07, 6.45) is 3.06. The summed E-state index contributed by atoms with van der Waals surface area (Å²) in [4.78, 5) is 26.8. The highest BCUT2D eigenvalue weighted by atomic mass is 16.5. The smallest absolute Gasteiger partial charge is 0.317 e. The van der Waals surface area contributed by atoms with Crippen molar-refractivity contribution in [2.75, 3.05) is 31.1 Å². The first-order valence-corrected chi connectivity index (χ1v) is 11.4. The lowest BCUT2D eigenvalue weighted by atomic mass is 10.0. The van der Waals surface area contributed by atoms with Crippen LogP contribution in [0.1, 0.15) is 44.9 Å². The Morgan fingerprint density at radius 2 is 1.90 bits per heavy atom. The van der Waals surface area contributed by atoms with Crippen molar-refractivity contribution in [2.45, 2.75) is 58.8 Å². The number of nitrogens with zero attached hydrogens (tertiary/aromatic N) is 4. The van der Waals surface area contributed by atoms with Crippen LogP contribution in [0, 0.1) is 0 Å². The number of urea groups is 1. The Balaban J connectivity index is 1.67. The lowest BCUT2D eigenvalue weighted by Crippen LogP contribution is -2.48. The third kappa shape index (κ3) is 4.98. The zero-order valence-electron chi connectivity index (χ0n) is 18.8. The van der Waals surface area contributed by atoms with E-state index in [1.807, 2.05) is 35.2 Å². The standard InChI is InChI=1S/C24H33N5O2/c1-4-5-12-25-24(30)28-13-11-21-20(16-28)23(29-14-17(2)31-18(3)15-29)27-22(26-21)19-9-7-6-8-10-19/h6-10,17-18H,4-5,11-16H2,1-3H3,(H,25,30)/t17-,18-/m0/s1. The van der Waals surface area contributed by atoms with Crippen LogP contribution < -0.4 is 10.2 Å². The lowest BCUT2D eigenvalue weighted by Gasteiger charge is -2.39. The maximum absolute atomic E-state index is 12.7. The van der Waals surface area contributed by atoms with Gasteiger partial charge in [0.15, 0.2) is 5.82 Å². The molecule has 4 rings (SSSR count). The molecule has 0 unspecified atom stereocenters. The van der Waals surface area contributed by atoms with Crippen LogP contribution in [0.2, 0.25) is 0 Å². The molecule has 2 aromatic rings. The first-order valence-electron chi connectivity index (χ1n) is 11.4. The van der Waals surface area contributed by atoms with Crippen LogP contribution in [0.25, 0.3) is 11.4 Å². The third-order valence-electron chi connectivity index (χ3n) is 5.88. The van der Waals surface area contributed by atoms with E-state index in [2.05, 4.69) is 31.0 Å². The van der Waals surface area contributed by atoms with Crippen LogP contribution in [0.4, 0.5) is 10.6 Å². The monoisotopic (exact) mass is 423 g/mol. The Bertz CT molecular complexity index is 894. The predicted molar refractivity (Wildman–Crippen MR) is 122 cm³/mol. The molecule has 0 saturated carbocycles. The second kappa shape index (κ2) is 9.64. The van der Waals surface area contributed by atoms with Gasteiger partial charge in [0.2, 0.25) is 0 Å². The molecular weight excluding hydrogens is 390 g/mol. The van der Waals surface area contributed by atoms with Gasteiger partial charge in [0.25, 0.3) is 0 Å². The molecule has 1 aromatic carbocycles. The zero-order chi connectivity index (χ0) is 21.8. The highest BCUT2D eigenvalue weighted by Crippen LogP contribution is 2.31. The van der Waals surface area contributed by atoms with Crippen LogP contribution in [0.5, 0.6) is 0 Å². The number of unbranched alkanes of at least 4 members (excludes halogenated alkanes) is 1. The average molecular weight is 424 g/mol. The molecule has 0 bridgehead atoms. The number of hydrogen-bond acceptors (Lipinski definition) is 5. The van der Waals surface area contributed by atoms with Crippen molar-refractivity contribution in [3.8, 4) is 11.4 Å². The summed E-state index contributed by atoms with van der Waals surface area (Å²) in [7, 11) is 0. The SMILES string of the molecule is CCCCNC(=O)N1CCc2nc(-c3ccccc3)nc(N3C[C@H](C)O[C@@H](C)C3)c2C1. The van der Waals surface area contributed by atoms with Gasteiger partial charge in [-0.15, -0.1) is 0 Å². The minimum atomic E-state index is 0.000833. The number of hydrogen-bond donors (Lipinski definition) is 1. The van der Waals surface area contributed by atoms with Crippen molar-refractivity contribution >= 4 is 11.8 Å². The number of carbonyl (C=O) groups is 1. The molecule has 166 valence electrons. The van der Waals surface area contributed by atoms with E-state index in [0.29, 0.717) is 19.6 Å². The summed E-state index contributed by atoms with van der Waals surface area (Å²) in [5.74, 6) is 1.69. The maximum atomic E-state index is 12.7. The summed E-state index contributed by atoms with van der Waals surface area (Å²) < 4.78 is 5.95. The highest BCUT2D eigenvalue weighted by Gasteiger charge is 2.31. The third-order valence-corrected chi connectivity index (χ3v) is 5.88. The number of nitrogens with one attached hydrogen (secondary N) is 1. The van der Waals surface area contributed by atoms with Crippen LogP contribution in [0.3, 0.4) is 0 Å². The summed E-state index contributed by atoms with van der Waals surface area (Å²) >= 11 is 0. The molecule has 1 N–H and O–H groups in total. The Morgan fingerprint density at radius 3 is 2.61 bits per heavy atom. The van der Waals surface area contributed by atoms with Crippen molar-refractivity contribution in [3.63, 3.8) is 0 Å². The molecule has 7 heteroatoms. The van der Waals surface area contributed by atoms with Crippen LogP contribution in [-0.4, -0.2) is 59.3 Å². The van der Waals surface area contributed by atoms with E-state index in [4.69, 9.17) is 14.7 Å². The number of ether oxygens (including phenoxy) is 1. The van der Waals surface area contributed by atoms with E-state index in [1.165, 1.54) is 0 Å². The summed E-state index contributed by atoms with van der Waals surface area (Å²) in [6, 6.07) is 10.1. The van der Waals surface area contributed by atoms with E-state index < -0.39 is 0 Å². The minimum absolute atomic E-state index is 0.000833. The van der Waals surface area contributed by atoms with Gasteiger partial charge in [-0.25, -0.2) is 14.8 Å². The van der Waals surface area contributed by atoms with E-state index >= 15 is 0 Å². The van der Waals surface area contributed by atoms with Gasteiger partial charge in [0.05, 0.1) is 24.4 Å². The average Bonchev–Trinajstić information content (AvgIpc) is 2.78. The molecule has 1 fully saturated rings. The molecule has 0 radical (unpaired) electrons. The summed E-state index contributed by atoms with van der Waals surface area (Å²) in [5, 5.41) is 3.05. The fraction of sp³-hybridized carbons (Fsp3) is 0.542. The molecule has 31 heavy (non-hydrogen) atoms. The first-order chi connectivity index (χ1) is 15.0. The van der Waals surface area contributed by atoms with Crippen molar-refractivity contribution in [2.24, 2.45) is 0 Å². The van der Waals surface area contributed by atoms with E-state index in [0.717, 1.165) is 60.8 Å². The van der Waals surface area contributed by atoms with Gasteiger partial charge in [-0.1, -0.05) is 43.7 Å². The highest BCUT2D eigenvalue weighted by molar-refractivity contribution is 5.75. The fourth-order valence-electron chi connectivity index (χ4n) is 4.38. The van der Waals surface area contributed by atoms with Crippen molar-refractivity contribution in [1.82, 2.24) is 20.2 Å². The van der Waals surface area contributed by atoms with E-state index in [1.54, 1.807) is 0 Å². The summed E-state index contributed by atoms with van der Waals surface area (Å²) in [5.41, 5.74) is 3.13. The molecule has 7 nitrogen and oxygen atoms in total. The molecule has 0 aliphatic carbocycles. The minimum Gasteiger partial charge on any atom is -0.372 e. The van der Waals surface area contributed by atoms with Crippen molar-refractivity contribution in [1.29, 1.82) is 0 Å². The molecule has 2 aliphatic heterocycles. The molecule has 0 spiro atoms. The topological polar surface area (TPSA) is 70.6 Å². The number of rotatable bonds is 5. The van der Waals surface area contributed by atoms with Crippen LogP contribution >= 0.6 is 0 Å². The normalized spacial score (nSPS) is 21.0. The van der Waals surface area contributed by atoms with Gasteiger partial charge < -0.3 is 19.9 Å². The van der Waals surface area contributed by atoms with Gasteiger partial charge in [-0.3, -0.25) is 0 Å². The van der Waals surface area contributed by atoms with Gasteiger partial charge in [0.1, 0.15) is 5.82 Å². The molecule has 1 aromatic heterocycles. The predicted octanol–water partition coefficient (Wildman–Crippen LogP) is 3.63. The Morgan fingerprint density at radius 1 is 1.16 bits per heavy atom. The van der Waals surface area contributed by atoms with Gasteiger partial charge in [-0.2, -0.15) is 0 Å². The van der Waals surface area contributed by atoms with Crippen molar-refractivity contribution in [3.05, 3.63) is 41.6 Å². The van der Waals surface area contributed by atoms with Crippen LogP contribution in [0.15, 0.2) is 30.3 Å². The van der Waals surface area contributed by atoms with E-state index in [9.17, 15) is 4.79 Å². The largest absolute Gasteiger partial charge is 0.372 e. The molecule has 3 heterocycles. The number of fused-ring (bicyclic) bond motifs is 1. The Kier molecular flexibility index (Phi) is 6.70. The van der Waals surface area contributed by atoms with Crippen molar-refractivity contribution < 1.29 is 9.53 Å². The number of amides is 2. The number of anilines is 1. The Labute approximate surface area is 184 Å². The fourth-order valence-corrected chi connectivity index (χ4v) is 4.38. The van der Waals surface area contributed by atoms with Gasteiger partial charge >= 0.3 is 6.03 Å². The first kappa shape index (κ1) is 21.6. The maximum Gasteiger partial charge on any atom is 0.317 e. The number of morpholine rings is 1. The second-order valence-electron chi connectivity index (χ2n) is 8.58.